The van der Waals surface area contributed by atoms with Crippen LogP contribution in [0.15, 0.2) is 72.8 Å². The van der Waals surface area contributed by atoms with Crippen molar-refractivity contribution in [3.05, 3.63) is 83.9 Å². The van der Waals surface area contributed by atoms with Crippen LogP contribution in [0.1, 0.15) is 44.9 Å². The summed E-state index contributed by atoms with van der Waals surface area (Å²) in [7, 11) is 0. The van der Waals surface area contributed by atoms with Crippen molar-refractivity contribution in [3.8, 4) is 17.0 Å². The van der Waals surface area contributed by atoms with Crippen molar-refractivity contribution in [2.24, 2.45) is 5.41 Å². The largest absolute Gasteiger partial charge is 0.489 e. The fraction of sp³-hybridized carbons (Fsp3) is 0.286. The van der Waals surface area contributed by atoms with Crippen LogP contribution in [0.3, 0.4) is 0 Å². The first-order chi connectivity index (χ1) is 15.7. The van der Waals surface area contributed by atoms with Crippen molar-refractivity contribution in [3.63, 3.8) is 0 Å². The Kier molecular flexibility index (Phi) is 6.23. The fourth-order valence-corrected chi connectivity index (χ4v) is 3.93. The third-order valence-corrected chi connectivity index (χ3v) is 5.86. The van der Waals surface area contributed by atoms with Gasteiger partial charge in [0.15, 0.2) is 0 Å². The first-order valence-electron chi connectivity index (χ1n) is 11.3. The van der Waals surface area contributed by atoms with Crippen LogP contribution in [-0.2, 0) is 17.8 Å². The number of benzene rings is 3. The van der Waals surface area contributed by atoms with Crippen LogP contribution in [0.4, 0.5) is 0 Å². The number of aliphatic carboxylic acids is 1. The lowest BCUT2D eigenvalue weighted by molar-refractivity contribution is -0.146. The van der Waals surface area contributed by atoms with Crippen molar-refractivity contribution in [2.45, 2.75) is 46.8 Å². The van der Waals surface area contributed by atoms with Gasteiger partial charge in [0.2, 0.25) is 0 Å². The van der Waals surface area contributed by atoms with Gasteiger partial charge in [-0.3, -0.25) is 9.48 Å². The second kappa shape index (κ2) is 9.10. The van der Waals surface area contributed by atoms with E-state index >= 15 is 0 Å². The number of fused-ring (bicyclic) bond motifs is 1. The molecule has 4 rings (SSSR count). The molecule has 3 aromatic carbocycles. The van der Waals surface area contributed by atoms with Gasteiger partial charge in [0.1, 0.15) is 18.1 Å². The third-order valence-electron chi connectivity index (χ3n) is 5.86. The molecule has 33 heavy (non-hydrogen) atoms. The van der Waals surface area contributed by atoms with Crippen molar-refractivity contribution in [1.29, 1.82) is 0 Å². The average Bonchev–Trinajstić information content (AvgIpc) is 3.18. The molecule has 0 atom stereocenters. The lowest BCUT2D eigenvalue weighted by atomic mass is 9.86. The summed E-state index contributed by atoms with van der Waals surface area (Å²) in [6.07, 6.45) is 0.474. The molecule has 5 heteroatoms. The summed E-state index contributed by atoms with van der Waals surface area (Å²) in [5, 5.41) is 15.4. The number of ether oxygens (including phenoxy) is 1. The smallest absolute Gasteiger partial charge is 0.309 e. The summed E-state index contributed by atoms with van der Waals surface area (Å²) in [6, 6.07) is 24.5. The van der Waals surface area contributed by atoms with Gasteiger partial charge >= 0.3 is 5.97 Å². The van der Waals surface area contributed by atoms with Crippen molar-refractivity contribution in [2.75, 3.05) is 0 Å². The monoisotopic (exact) mass is 442 g/mol. The number of hydrogen-bond acceptors (Lipinski definition) is 3. The van der Waals surface area contributed by atoms with E-state index in [-0.39, 0.29) is 6.04 Å². The molecule has 0 amide bonds. The Balaban J connectivity index is 1.53. The van der Waals surface area contributed by atoms with Gasteiger partial charge in [-0.25, -0.2) is 0 Å². The summed E-state index contributed by atoms with van der Waals surface area (Å²) < 4.78 is 8.09. The van der Waals surface area contributed by atoms with Crippen LogP contribution in [-0.4, -0.2) is 20.9 Å². The van der Waals surface area contributed by atoms with Crippen LogP contribution < -0.4 is 4.74 Å². The summed E-state index contributed by atoms with van der Waals surface area (Å²) in [6.45, 7) is 8.19. The number of rotatable bonds is 8. The normalized spacial score (nSPS) is 11.8. The first-order valence-corrected chi connectivity index (χ1v) is 11.3. The molecule has 0 bridgehead atoms. The summed E-state index contributed by atoms with van der Waals surface area (Å²) in [5.41, 5.74) is 4.45. The zero-order valence-corrected chi connectivity index (χ0v) is 19.6. The Morgan fingerprint density at radius 3 is 2.30 bits per heavy atom. The first kappa shape index (κ1) is 22.6. The van der Waals surface area contributed by atoms with Crippen LogP contribution >= 0.6 is 0 Å². The highest BCUT2D eigenvalue weighted by atomic mass is 16.5. The van der Waals surface area contributed by atoms with Gasteiger partial charge in [-0.05, 0) is 63.4 Å². The molecule has 0 aliphatic carbocycles. The Bertz CT molecular complexity index is 1260. The molecule has 4 aromatic rings. The van der Waals surface area contributed by atoms with E-state index in [0.29, 0.717) is 13.0 Å². The third kappa shape index (κ3) is 4.92. The minimum atomic E-state index is -0.797. The fourth-order valence-electron chi connectivity index (χ4n) is 3.93. The molecule has 0 saturated heterocycles. The van der Waals surface area contributed by atoms with E-state index in [2.05, 4.69) is 48.9 Å². The molecule has 0 spiro atoms. The number of carbonyl (C=O) groups is 1. The standard InChI is InChI=1S/C28H30N2O3/c1-19(2)30-25-16-21(12-15-24(25)26(29-30)22-8-6-5-7-9-22)18-33-23-13-10-20(11-14-23)17-28(3,4)27(31)32/h5-16,19H,17-18H2,1-4H3,(H,31,32). The Morgan fingerprint density at radius 1 is 1.00 bits per heavy atom. The number of aromatic nitrogens is 2. The average molecular weight is 443 g/mol. The van der Waals surface area contributed by atoms with Crippen LogP contribution in [0, 0.1) is 5.41 Å². The number of carboxylic acid groups (broad SMARTS) is 1. The molecule has 5 nitrogen and oxygen atoms in total. The summed E-state index contributed by atoms with van der Waals surface area (Å²) in [5.74, 6) is -0.0383. The molecule has 170 valence electrons. The maximum absolute atomic E-state index is 11.4. The van der Waals surface area contributed by atoms with Crippen molar-refractivity contribution in [1.82, 2.24) is 9.78 Å². The van der Waals surface area contributed by atoms with E-state index in [4.69, 9.17) is 9.84 Å². The molecule has 0 saturated carbocycles. The highest BCUT2D eigenvalue weighted by Crippen LogP contribution is 2.31. The van der Waals surface area contributed by atoms with E-state index in [1.165, 1.54) is 0 Å². The summed E-state index contributed by atoms with van der Waals surface area (Å²) in [4.78, 5) is 11.4. The zero-order valence-electron chi connectivity index (χ0n) is 19.6. The lowest BCUT2D eigenvalue weighted by Crippen LogP contribution is -2.26. The minimum Gasteiger partial charge on any atom is -0.489 e. The van der Waals surface area contributed by atoms with Crippen LogP contribution in [0.2, 0.25) is 0 Å². The predicted molar refractivity (Wildman–Crippen MR) is 131 cm³/mol. The lowest BCUT2D eigenvalue weighted by Gasteiger charge is -2.19. The SMILES string of the molecule is CC(C)n1nc(-c2ccccc2)c2ccc(COc3ccc(CC(C)(C)C(=O)O)cc3)cc21. The molecule has 1 aromatic heterocycles. The van der Waals surface area contributed by atoms with Gasteiger partial charge in [0.05, 0.1) is 10.9 Å². The van der Waals surface area contributed by atoms with Crippen LogP contribution in [0.5, 0.6) is 5.75 Å². The minimum absolute atomic E-state index is 0.240. The molecule has 0 aliphatic heterocycles. The van der Waals surface area contributed by atoms with Gasteiger partial charge in [-0.1, -0.05) is 54.6 Å². The number of carboxylic acids is 1. The second-order valence-electron chi connectivity index (χ2n) is 9.40. The van der Waals surface area contributed by atoms with E-state index < -0.39 is 11.4 Å². The van der Waals surface area contributed by atoms with E-state index in [1.54, 1.807) is 13.8 Å². The molecule has 1 N–H and O–H groups in total. The maximum Gasteiger partial charge on any atom is 0.309 e. The number of hydrogen-bond donors (Lipinski definition) is 1. The Hall–Kier alpha value is -3.60. The van der Waals surface area contributed by atoms with Gasteiger partial charge < -0.3 is 9.84 Å². The topological polar surface area (TPSA) is 64.4 Å². The van der Waals surface area contributed by atoms with E-state index in [0.717, 1.165) is 39.0 Å². The molecule has 0 radical (unpaired) electrons. The van der Waals surface area contributed by atoms with Crippen LogP contribution in [0.25, 0.3) is 22.2 Å². The van der Waals surface area contributed by atoms with E-state index in [1.807, 2.05) is 42.5 Å². The van der Waals surface area contributed by atoms with Crippen molar-refractivity contribution < 1.29 is 14.6 Å². The highest BCUT2D eigenvalue weighted by molar-refractivity contribution is 5.93. The van der Waals surface area contributed by atoms with Gasteiger partial charge in [-0.15, -0.1) is 0 Å². The molecular formula is C28H30N2O3. The zero-order chi connectivity index (χ0) is 23.6. The van der Waals surface area contributed by atoms with Gasteiger partial charge in [0.25, 0.3) is 0 Å². The molecule has 1 heterocycles. The maximum atomic E-state index is 11.4. The quantitative estimate of drug-likeness (QED) is 0.337. The Morgan fingerprint density at radius 2 is 1.67 bits per heavy atom. The highest BCUT2D eigenvalue weighted by Gasteiger charge is 2.27. The molecular weight excluding hydrogens is 412 g/mol. The van der Waals surface area contributed by atoms with Gasteiger partial charge in [-0.2, -0.15) is 5.10 Å². The van der Waals surface area contributed by atoms with E-state index in [9.17, 15) is 9.90 Å². The van der Waals surface area contributed by atoms with Gasteiger partial charge in [0, 0.05) is 17.0 Å². The van der Waals surface area contributed by atoms with Crippen molar-refractivity contribution >= 4 is 16.9 Å². The summed E-state index contributed by atoms with van der Waals surface area (Å²) >= 11 is 0. The molecule has 0 fully saturated rings. The molecule has 0 unspecified atom stereocenters. The second-order valence-corrected chi connectivity index (χ2v) is 9.40. The Labute approximate surface area is 194 Å². The number of nitrogens with zero attached hydrogens (tertiary/aromatic N) is 2. The molecule has 0 aliphatic rings. The predicted octanol–water partition coefficient (Wildman–Crippen LogP) is 6.52.